The summed E-state index contributed by atoms with van der Waals surface area (Å²) in [6, 6.07) is 14.7. The molecule has 0 aliphatic heterocycles. The van der Waals surface area contributed by atoms with Gasteiger partial charge in [0.05, 0.1) is 23.4 Å². The van der Waals surface area contributed by atoms with E-state index in [0.29, 0.717) is 42.1 Å². The van der Waals surface area contributed by atoms with Crippen LogP contribution in [0.15, 0.2) is 47.4 Å². The molecular formula is C27H36N8O2S. The summed E-state index contributed by atoms with van der Waals surface area (Å²) in [6.45, 7) is 4.84. The van der Waals surface area contributed by atoms with E-state index in [0.717, 1.165) is 36.5 Å². The van der Waals surface area contributed by atoms with Crippen LogP contribution < -0.4 is 21.1 Å². The molecule has 5 N–H and O–H groups in total. The van der Waals surface area contributed by atoms with Crippen LogP contribution in [0.5, 0.6) is 0 Å². The predicted molar refractivity (Wildman–Crippen MR) is 149 cm³/mol. The number of nitrogens with one attached hydrogen (secondary N) is 3. The number of benzene rings is 2. The average molecular weight is 537 g/mol. The maximum absolute atomic E-state index is 13.1. The molecule has 0 bridgehead atoms. The Morgan fingerprint density at radius 3 is 2.47 bits per heavy atom. The Bertz CT molecular complexity index is 1380. The van der Waals surface area contributed by atoms with Gasteiger partial charge in [-0.25, -0.2) is 13.1 Å². The van der Waals surface area contributed by atoms with Gasteiger partial charge in [0.2, 0.25) is 21.9 Å². The van der Waals surface area contributed by atoms with Gasteiger partial charge in [0.25, 0.3) is 0 Å². The lowest BCUT2D eigenvalue weighted by Gasteiger charge is -2.31. The Morgan fingerprint density at radius 1 is 1.03 bits per heavy atom. The molecule has 0 amide bonds. The summed E-state index contributed by atoms with van der Waals surface area (Å²) in [4.78, 5) is 13.8. The number of rotatable bonds is 11. The van der Waals surface area contributed by atoms with Crippen LogP contribution in [0.4, 0.5) is 11.9 Å². The predicted octanol–water partition coefficient (Wildman–Crippen LogP) is 3.96. The van der Waals surface area contributed by atoms with Crippen molar-refractivity contribution in [3.63, 3.8) is 0 Å². The van der Waals surface area contributed by atoms with Gasteiger partial charge in [-0.2, -0.15) is 20.2 Å². The number of anilines is 2. The average Bonchev–Trinajstić information content (AvgIpc) is 2.91. The molecule has 0 saturated heterocycles. The van der Waals surface area contributed by atoms with Crippen molar-refractivity contribution in [3.8, 4) is 6.07 Å². The minimum atomic E-state index is -3.62. The monoisotopic (exact) mass is 536 g/mol. The molecule has 11 heteroatoms. The summed E-state index contributed by atoms with van der Waals surface area (Å²) >= 11 is 0. The lowest BCUT2D eigenvalue weighted by atomic mass is 9.78. The second-order valence-electron chi connectivity index (χ2n) is 10.1. The van der Waals surface area contributed by atoms with Gasteiger partial charge in [0, 0.05) is 24.5 Å². The highest BCUT2D eigenvalue weighted by Gasteiger charge is 2.30. The van der Waals surface area contributed by atoms with Gasteiger partial charge in [0.15, 0.2) is 5.82 Å². The highest BCUT2D eigenvalue weighted by Crippen LogP contribution is 2.35. The van der Waals surface area contributed by atoms with Crippen LogP contribution in [0.1, 0.15) is 57.8 Å². The Morgan fingerprint density at radius 2 is 1.74 bits per heavy atom. The van der Waals surface area contributed by atoms with Gasteiger partial charge in [0.1, 0.15) is 0 Å². The quantitative estimate of drug-likeness (QED) is 0.266. The van der Waals surface area contributed by atoms with Crippen molar-refractivity contribution in [2.75, 3.05) is 23.7 Å². The molecule has 4 rings (SSSR count). The number of aromatic nitrogens is 3. The van der Waals surface area contributed by atoms with Crippen molar-refractivity contribution in [2.45, 2.75) is 62.9 Å². The highest BCUT2D eigenvalue weighted by molar-refractivity contribution is 7.89. The number of hydrogen-bond donors (Lipinski definition) is 4. The first-order valence-corrected chi connectivity index (χ1v) is 14.6. The van der Waals surface area contributed by atoms with E-state index in [4.69, 9.17) is 11.0 Å². The number of nitriles is 1. The maximum atomic E-state index is 13.1. The van der Waals surface area contributed by atoms with Gasteiger partial charge < -0.3 is 16.4 Å². The topological polar surface area (TPSA) is 159 Å². The van der Waals surface area contributed by atoms with Gasteiger partial charge in [-0.1, -0.05) is 36.4 Å². The number of nitrogens with zero attached hydrogens (tertiary/aromatic N) is 4. The number of fused-ring (bicyclic) bond motifs is 1. The van der Waals surface area contributed by atoms with Gasteiger partial charge in [-0.05, 0) is 62.8 Å². The standard InChI is InChI=1S/C27H36N8O2S/c1-18(2)32-27-34-25(33-26(35-27)30-16-6-15-28)24(29)21-13-11-19(12-14-21)17-31-38(36,37)23-10-5-8-20-7-3-4-9-22(20)23/h3-5,7-10,18-19,21,24,31H,6,11-14,16-17,29H2,1-2H3,(H2,30,32,33,34,35). The Labute approximate surface area is 224 Å². The Hall–Kier alpha value is -3.33. The summed E-state index contributed by atoms with van der Waals surface area (Å²) in [7, 11) is -3.62. The first-order valence-electron chi connectivity index (χ1n) is 13.1. The molecule has 1 aliphatic rings. The minimum Gasteiger partial charge on any atom is -0.353 e. The van der Waals surface area contributed by atoms with Crippen molar-refractivity contribution in [1.82, 2.24) is 19.7 Å². The molecule has 38 heavy (non-hydrogen) atoms. The normalized spacial score (nSPS) is 18.7. The third-order valence-corrected chi connectivity index (χ3v) is 8.37. The van der Waals surface area contributed by atoms with Crippen molar-refractivity contribution in [3.05, 3.63) is 48.3 Å². The summed E-state index contributed by atoms with van der Waals surface area (Å²) in [5, 5.41) is 16.7. The van der Waals surface area contributed by atoms with Crippen molar-refractivity contribution in [2.24, 2.45) is 17.6 Å². The maximum Gasteiger partial charge on any atom is 0.241 e. The first-order chi connectivity index (χ1) is 18.3. The van der Waals surface area contributed by atoms with E-state index in [-0.39, 0.29) is 23.9 Å². The minimum absolute atomic E-state index is 0.140. The van der Waals surface area contributed by atoms with Gasteiger partial charge in [-0.3, -0.25) is 0 Å². The van der Waals surface area contributed by atoms with Crippen LogP contribution in [-0.2, 0) is 10.0 Å². The molecule has 1 fully saturated rings. The van der Waals surface area contributed by atoms with Crippen molar-refractivity contribution >= 4 is 32.7 Å². The van der Waals surface area contributed by atoms with E-state index < -0.39 is 10.0 Å². The molecule has 1 heterocycles. The molecule has 2 aromatic carbocycles. The summed E-state index contributed by atoms with van der Waals surface area (Å²) < 4.78 is 29.0. The van der Waals surface area contributed by atoms with Crippen LogP contribution in [0.25, 0.3) is 10.8 Å². The lowest BCUT2D eigenvalue weighted by Crippen LogP contribution is -2.34. The van der Waals surface area contributed by atoms with Gasteiger partial charge >= 0.3 is 0 Å². The summed E-state index contributed by atoms with van der Waals surface area (Å²) in [6.07, 6.45) is 3.79. The van der Waals surface area contributed by atoms with E-state index >= 15 is 0 Å². The van der Waals surface area contributed by atoms with E-state index in [1.165, 1.54) is 0 Å². The van der Waals surface area contributed by atoms with Crippen molar-refractivity contribution < 1.29 is 8.42 Å². The van der Waals surface area contributed by atoms with Crippen LogP contribution in [0, 0.1) is 23.2 Å². The third-order valence-electron chi connectivity index (χ3n) is 6.89. The number of hydrogen-bond acceptors (Lipinski definition) is 9. The van der Waals surface area contributed by atoms with E-state index in [9.17, 15) is 8.42 Å². The highest BCUT2D eigenvalue weighted by atomic mass is 32.2. The zero-order valence-corrected chi connectivity index (χ0v) is 22.7. The summed E-state index contributed by atoms with van der Waals surface area (Å²) in [5.41, 5.74) is 6.64. The largest absolute Gasteiger partial charge is 0.353 e. The zero-order valence-electron chi connectivity index (χ0n) is 21.9. The van der Waals surface area contributed by atoms with E-state index in [1.807, 2.05) is 44.2 Å². The molecule has 0 radical (unpaired) electrons. The summed E-state index contributed by atoms with van der Waals surface area (Å²) in [5.74, 6) is 1.80. The fourth-order valence-corrected chi connectivity index (χ4v) is 6.21. The molecule has 1 aromatic heterocycles. The SMILES string of the molecule is CC(C)Nc1nc(NCCC#N)nc(C(N)C2CCC(CNS(=O)(=O)c3cccc4ccccc34)CC2)n1. The number of sulfonamides is 1. The molecular weight excluding hydrogens is 500 g/mol. The molecule has 1 aliphatic carbocycles. The fourth-order valence-electron chi connectivity index (χ4n) is 4.87. The third kappa shape index (κ3) is 6.95. The molecule has 1 unspecified atom stereocenters. The van der Waals surface area contributed by atoms with Gasteiger partial charge in [-0.15, -0.1) is 0 Å². The fraction of sp³-hybridized carbons (Fsp3) is 0.481. The molecule has 1 atom stereocenters. The van der Waals surface area contributed by atoms with Crippen LogP contribution in [-0.4, -0.2) is 42.5 Å². The van der Waals surface area contributed by atoms with Crippen LogP contribution in [0.2, 0.25) is 0 Å². The second-order valence-corrected chi connectivity index (χ2v) is 11.8. The molecule has 202 valence electrons. The van der Waals surface area contributed by atoms with E-state index in [2.05, 4.69) is 36.4 Å². The van der Waals surface area contributed by atoms with Crippen LogP contribution in [0.3, 0.4) is 0 Å². The molecule has 1 saturated carbocycles. The lowest BCUT2D eigenvalue weighted by molar-refractivity contribution is 0.240. The second kappa shape index (κ2) is 12.5. The zero-order chi connectivity index (χ0) is 27.1. The smallest absolute Gasteiger partial charge is 0.241 e. The van der Waals surface area contributed by atoms with Crippen molar-refractivity contribution in [1.29, 1.82) is 5.26 Å². The number of nitrogens with two attached hydrogens (primary N) is 1. The first kappa shape index (κ1) is 27.7. The molecule has 0 spiro atoms. The molecule has 3 aromatic rings. The van der Waals surface area contributed by atoms with E-state index in [1.54, 1.807) is 12.1 Å². The van der Waals surface area contributed by atoms with Crippen LogP contribution >= 0.6 is 0 Å². The Kier molecular flexibility index (Phi) is 9.09. The molecule has 10 nitrogen and oxygen atoms in total. The Balaban J connectivity index is 1.37.